The van der Waals surface area contributed by atoms with Crippen LogP contribution in [0.4, 0.5) is 0 Å². The molecule has 0 spiro atoms. The summed E-state index contributed by atoms with van der Waals surface area (Å²) >= 11 is 0. The van der Waals surface area contributed by atoms with Gasteiger partial charge in [0.15, 0.2) is 0 Å². The fourth-order valence-electron chi connectivity index (χ4n) is 1.49. The summed E-state index contributed by atoms with van der Waals surface area (Å²) in [5.41, 5.74) is 0. The fourth-order valence-corrected chi connectivity index (χ4v) is 1.49. The van der Waals surface area contributed by atoms with Crippen LogP contribution in [0, 0.1) is 11.8 Å². The third kappa shape index (κ3) is 1.99. The molecule has 1 saturated heterocycles. The summed E-state index contributed by atoms with van der Waals surface area (Å²) in [6.07, 6.45) is 0.559. The van der Waals surface area contributed by atoms with E-state index >= 15 is 0 Å². The molecule has 0 saturated carbocycles. The van der Waals surface area contributed by atoms with Gasteiger partial charge in [-0.1, -0.05) is 13.8 Å². The second-order valence-electron chi connectivity index (χ2n) is 3.67. The maximum Gasteiger partial charge on any atom is 0.318 e. The Morgan fingerprint density at radius 2 is 2.23 bits per heavy atom. The highest BCUT2D eigenvalue weighted by Gasteiger charge is 2.38. The number of nitrogens with one attached hydrogen (secondary N) is 1. The summed E-state index contributed by atoms with van der Waals surface area (Å²) in [5.74, 6) is -0.873. The molecule has 4 nitrogen and oxygen atoms in total. The molecule has 1 aliphatic rings. The highest BCUT2D eigenvalue weighted by Crippen LogP contribution is 2.21. The van der Waals surface area contributed by atoms with Crippen LogP contribution in [0.3, 0.4) is 0 Å². The van der Waals surface area contributed by atoms with Crippen molar-refractivity contribution in [3.05, 3.63) is 0 Å². The molecular weight excluding hydrogens is 170 g/mol. The second kappa shape index (κ2) is 3.77. The lowest BCUT2D eigenvalue weighted by Crippen LogP contribution is -2.31. The normalized spacial score (nSPS) is 27.5. The number of ether oxygens (including phenoxy) is 1. The number of methoxy groups -OCH3 is 1. The van der Waals surface area contributed by atoms with Crippen LogP contribution in [-0.4, -0.2) is 25.0 Å². The van der Waals surface area contributed by atoms with Gasteiger partial charge in [-0.3, -0.25) is 9.59 Å². The molecule has 0 aliphatic carbocycles. The monoisotopic (exact) mass is 185 g/mol. The number of esters is 1. The zero-order valence-electron chi connectivity index (χ0n) is 8.16. The van der Waals surface area contributed by atoms with Gasteiger partial charge in [0.2, 0.25) is 5.91 Å². The number of carbonyl (C=O) groups excluding carboxylic acids is 2. The van der Waals surface area contributed by atoms with Crippen LogP contribution in [0.25, 0.3) is 0 Å². The summed E-state index contributed by atoms with van der Waals surface area (Å²) in [4.78, 5) is 22.4. The van der Waals surface area contributed by atoms with Crippen LogP contribution in [0.2, 0.25) is 0 Å². The smallest absolute Gasteiger partial charge is 0.318 e. The van der Waals surface area contributed by atoms with Crippen LogP contribution in [0.1, 0.15) is 20.3 Å². The third-order valence-corrected chi connectivity index (χ3v) is 2.42. The Balaban J connectivity index is 2.61. The van der Waals surface area contributed by atoms with Crippen molar-refractivity contribution in [2.75, 3.05) is 7.11 Å². The van der Waals surface area contributed by atoms with Gasteiger partial charge in [-0.05, 0) is 12.3 Å². The molecule has 2 unspecified atom stereocenters. The van der Waals surface area contributed by atoms with Crippen LogP contribution in [-0.2, 0) is 14.3 Å². The molecule has 0 aromatic heterocycles. The van der Waals surface area contributed by atoms with E-state index in [1.54, 1.807) is 0 Å². The molecule has 1 N–H and O–H groups in total. The first kappa shape index (κ1) is 10.0. The van der Waals surface area contributed by atoms with E-state index < -0.39 is 11.9 Å². The van der Waals surface area contributed by atoms with Gasteiger partial charge in [0.1, 0.15) is 5.92 Å². The van der Waals surface area contributed by atoms with E-state index in [-0.39, 0.29) is 11.9 Å². The van der Waals surface area contributed by atoms with Gasteiger partial charge >= 0.3 is 5.97 Å². The second-order valence-corrected chi connectivity index (χ2v) is 3.67. The van der Waals surface area contributed by atoms with Crippen LogP contribution >= 0.6 is 0 Å². The lowest BCUT2D eigenvalue weighted by molar-refractivity contribution is -0.148. The van der Waals surface area contributed by atoms with E-state index in [1.165, 1.54) is 7.11 Å². The van der Waals surface area contributed by atoms with Gasteiger partial charge in [-0.2, -0.15) is 0 Å². The van der Waals surface area contributed by atoms with Crippen LogP contribution in [0.15, 0.2) is 0 Å². The molecule has 0 radical (unpaired) electrons. The first-order chi connectivity index (χ1) is 6.06. The predicted octanol–water partition coefficient (Wildman–Crippen LogP) is 0.320. The molecule has 0 aromatic carbocycles. The average molecular weight is 185 g/mol. The molecule has 1 heterocycles. The van der Waals surface area contributed by atoms with E-state index in [2.05, 4.69) is 10.1 Å². The van der Waals surface area contributed by atoms with Gasteiger partial charge in [0.05, 0.1) is 7.11 Å². The molecular formula is C9H15NO3. The van der Waals surface area contributed by atoms with Crippen LogP contribution < -0.4 is 5.32 Å². The number of rotatable bonds is 2. The zero-order chi connectivity index (χ0) is 10.0. The van der Waals surface area contributed by atoms with Gasteiger partial charge < -0.3 is 10.1 Å². The molecule has 1 amide bonds. The number of hydrogen-bond donors (Lipinski definition) is 1. The molecule has 0 aromatic rings. The van der Waals surface area contributed by atoms with Crippen molar-refractivity contribution >= 4 is 11.9 Å². The van der Waals surface area contributed by atoms with Gasteiger partial charge in [0, 0.05) is 6.04 Å². The average Bonchev–Trinajstić information content (AvgIpc) is 2.46. The van der Waals surface area contributed by atoms with E-state index in [0.29, 0.717) is 12.3 Å². The van der Waals surface area contributed by atoms with E-state index in [9.17, 15) is 9.59 Å². The number of carbonyl (C=O) groups is 2. The third-order valence-electron chi connectivity index (χ3n) is 2.42. The topological polar surface area (TPSA) is 55.4 Å². The van der Waals surface area contributed by atoms with Gasteiger partial charge in [0.25, 0.3) is 0 Å². The highest BCUT2D eigenvalue weighted by atomic mass is 16.5. The van der Waals surface area contributed by atoms with E-state index in [4.69, 9.17) is 0 Å². The minimum absolute atomic E-state index is 0.108. The summed E-state index contributed by atoms with van der Waals surface area (Å²) < 4.78 is 4.53. The van der Waals surface area contributed by atoms with Crippen molar-refractivity contribution < 1.29 is 14.3 Å². The molecule has 0 bridgehead atoms. The molecule has 1 fully saturated rings. The standard InChI is InChI=1S/C9H15NO3/c1-5(2)7-4-6(8(11)10-7)9(12)13-3/h5-7H,4H2,1-3H3,(H,10,11). The van der Waals surface area contributed by atoms with Crippen molar-refractivity contribution in [3.63, 3.8) is 0 Å². The first-order valence-electron chi connectivity index (χ1n) is 4.44. The van der Waals surface area contributed by atoms with Crippen molar-refractivity contribution in [2.24, 2.45) is 11.8 Å². The van der Waals surface area contributed by atoms with Crippen molar-refractivity contribution in [2.45, 2.75) is 26.3 Å². The Morgan fingerprint density at radius 1 is 1.62 bits per heavy atom. The molecule has 2 atom stereocenters. The molecule has 13 heavy (non-hydrogen) atoms. The lowest BCUT2D eigenvalue weighted by Gasteiger charge is -2.12. The quantitative estimate of drug-likeness (QED) is 0.498. The summed E-state index contributed by atoms with van der Waals surface area (Å²) in [6, 6.07) is 0.108. The first-order valence-corrected chi connectivity index (χ1v) is 4.44. The summed E-state index contributed by atoms with van der Waals surface area (Å²) in [6.45, 7) is 4.04. The minimum Gasteiger partial charge on any atom is -0.468 e. The summed E-state index contributed by atoms with van der Waals surface area (Å²) in [5, 5.41) is 2.78. The molecule has 4 heteroatoms. The Bertz CT molecular complexity index is 225. The van der Waals surface area contributed by atoms with Crippen molar-refractivity contribution in [3.8, 4) is 0 Å². The number of hydrogen-bond acceptors (Lipinski definition) is 3. The molecule has 74 valence electrons. The summed E-state index contributed by atoms with van der Waals surface area (Å²) in [7, 11) is 1.30. The Hall–Kier alpha value is -1.06. The molecule has 1 rings (SSSR count). The van der Waals surface area contributed by atoms with Gasteiger partial charge in [-0.15, -0.1) is 0 Å². The van der Waals surface area contributed by atoms with Crippen LogP contribution in [0.5, 0.6) is 0 Å². The Labute approximate surface area is 77.6 Å². The highest BCUT2D eigenvalue weighted by molar-refractivity contribution is 5.99. The van der Waals surface area contributed by atoms with E-state index in [0.717, 1.165) is 0 Å². The van der Waals surface area contributed by atoms with E-state index in [1.807, 2.05) is 13.8 Å². The zero-order valence-corrected chi connectivity index (χ0v) is 8.16. The SMILES string of the molecule is COC(=O)C1CC(C(C)C)NC1=O. The Kier molecular flexibility index (Phi) is 2.90. The number of amides is 1. The molecule has 1 aliphatic heterocycles. The largest absolute Gasteiger partial charge is 0.468 e. The van der Waals surface area contributed by atoms with Gasteiger partial charge in [-0.25, -0.2) is 0 Å². The minimum atomic E-state index is -0.600. The maximum absolute atomic E-state index is 11.3. The Morgan fingerprint density at radius 3 is 2.62 bits per heavy atom. The predicted molar refractivity (Wildman–Crippen MR) is 46.9 cm³/mol. The lowest BCUT2D eigenvalue weighted by atomic mass is 9.98. The fraction of sp³-hybridized carbons (Fsp3) is 0.778. The van der Waals surface area contributed by atoms with Crippen molar-refractivity contribution in [1.82, 2.24) is 5.32 Å². The van der Waals surface area contributed by atoms with Crippen molar-refractivity contribution in [1.29, 1.82) is 0 Å². The maximum atomic E-state index is 11.3.